The molecule has 0 aliphatic carbocycles. The zero-order chi connectivity index (χ0) is 14.8. The molecule has 0 aliphatic heterocycles. The first-order valence-electron chi connectivity index (χ1n) is 5.85. The number of para-hydroxylation sites is 1. The van der Waals surface area contributed by atoms with Crippen LogP contribution < -0.4 is 0 Å². The zero-order valence-corrected chi connectivity index (χ0v) is 12.2. The third-order valence-electron chi connectivity index (χ3n) is 2.76. The van der Waals surface area contributed by atoms with Crippen LogP contribution in [0.4, 0.5) is 18.9 Å². The van der Waals surface area contributed by atoms with E-state index in [0.29, 0.717) is 5.71 Å². The van der Waals surface area contributed by atoms with Crippen molar-refractivity contribution in [3.05, 3.63) is 64.1 Å². The first-order chi connectivity index (χ1) is 9.38. The molecule has 0 radical (unpaired) electrons. The molecule has 0 bridgehead atoms. The Kier molecular flexibility index (Phi) is 4.28. The third kappa shape index (κ3) is 3.48. The van der Waals surface area contributed by atoms with Gasteiger partial charge in [-0.3, -0.25) is 4.99 Å². The summed E-state index contributed by atoms with van der Waals surface area (Å²) in [5.41, 5.74) is 0.524. The fraction of sp³-hybridized carbons (Fsp3) is 0.133. The highest BCUT2D eigenvalue weighted by atomic mass is 79.9. The van der Waals surface area contributed by atoms with E-state index in [1.807, 2.05) is 12.1 Å². The summed E-state index contributed by atoms with van der Waals surface area (Å²) in [6.45, 7) is 1.69. The predicted molar refractivity (Wildman–Crippen MR) is 77.5 cm³/mol. The van der Waals surface area contributed by atoms with Gasteiger partial charge in [-0.15, -0.1) is 0 Å². The Morgan fingerprint density at radius 3 is 2.20 bits per heavy atom. The van der Waals surface area contributed by atoms with Crippen molar-refractivity contribution < 1.29 is 13.2 Å². The van der Waals surface area contributed by atoms with Gasteiger partial charge in [-0.2, -0.15) is 13.2 Å². The number of alkyl halides is 3. The lowest BCUT2D eigenvalue weighted by Gasteiger charge is -2.10. The standard InChI is InChI=1S/C15H11BrF3N/c1-10(11-6-8-12(16)9-7-11)20-14-5-3-2-4-13(14)15(17,18)19/h2-9H,1H3/b20-10+. The van der Waals surface area contributed by atoms with Crippen LogP contribution in [-0.2, 0) is 6.18 Å². The molecular formula is C15H11BrF3N. The van der Waals surface area contributed by atoms with E-state index in [1.54, 1.807) is 25.1 Å². The Hall–Kier alpha value is -1.62. The minimum absolute atomic E-state index is 0.0691. The van der Waals surface area contributed by atoms with E-state index >= 15 is 0 Å². The van der Waals surface area contributed by atoms with Crippen molar-refractivity contribution in [1.82, 2.24) is 0 Å². The molecule has 20 heavy (non-hydrogen) atoms. The van der Waals surface area contributed by atoms with Gasteiger partial charge in [0.05, 0.1) is 11.3 Å². The molecule has 0 heterocycles. The summed E-state index contributed by atoms with van der Waals surface area (Å²) >= 11 is 3.31. The average molecular weight is 342 g/mol. The molecule has 0 aromatic heterocycles. The topological polar surface area (TPSA) is 12.4 Å². The van der Waals surface area contributed by atoms with Crippen LogP contribution in [0.25, 0.3) is 0 Å². The van der Waals surface area contributed by atoms with Gasteiger partial charge in [-0.25, -0.2) is 0 Å². The lowest BCUT2D eigenvalue weighted by atomic mass is 10.1. The van der Waals surface area contributed by atoms with Gasteiger partial charge in [0.25, 0.3) is 0 Å². The number of aliphatic imine (C=N–C) groups is 1. The largest absolute Gasteiger partial charge is 0.418 e. The number of benzene rings is 2. The number of rotatable bonds is 2. The maximum absolute atomic E-state index is 12.9. The normalized spacial score (nSPS) is 12.6. The molecule has 0 fully saturated rings. The fourth-order valence-electron chi connectivity index (χ4n) is 1.75. The second-order valence-corrected chi connectivity index (χ2v) is 5.13. The Morgan fingerprint density at radius 1 is 1.00 bits per heavy atom. The van der Waals surface area contributed by atoms with E-state index in [2.05, 4.69) is 20.9 Å². The van der Waals surface area contributed by atoms with Crippen LogP contribution >= 0.6 is 15.9 Å². The maximum atomic E-state index is 12.9. The van der Waals surface area contributed by atoms with E-state index in [0.717, 1.165) is 16.1 Å². The van der Waals surface area contributed by atoms with E-state index in [4.69, 9.17) is 0 Å². The van der Waals surface area contributed by atoms with Crippen molar-refractivity contribution in [3.63, 3.8) is 0 Å². The maximum Gasteiger partial charge on any atom is 0.418 e. The van der Waals surface area contributed by atoms with Gasteiger partial charge in [0.2, 0.25) is 0 Å². The molecule has 0 atom stereocenters. The van der Waals surface area contributed by atoms with Gasteiger partial charge in [0, 0.05) is 10.2 Å². The van der Waals surface area contributed by atoms with Gasteiger partial charge in [0.15, 0.2) is 0 Å². The van der Waals surface area contributed by atoms with Crippen molar-refractivity contribution in [2.24, 2.45) is 4.99 Å². The minimum atomic E-state index is -4.40. The Labute approximate surface area is 123 Å². The molecule has 2 aromatic rings. The van der Waals surface area contributed by atoms with Crippen LogP contribution in [-0.4, -0.2) is 5.71 Å². The quantitative estimate of drug-likeness (QED) is 0.629. The highest BCUT2D eigenvalue weighted by molar-refractivity contribution is 9.10. The lowest BCUT2D eigenvalue weighted by molar-refractivity contribution is -0.137. The van der Waals surface area contributed by atoms with Crippen molar-refractivity contribution in [2.75, 3.05) is 0 Å². The number of hydrogen-bond donors (Lipinski definition) is 0. The predicted octanol–water partition coefficient (Wildman–Crippen LogP) is 5.61. The van der Waals surface area contributed by atoms with Crippen LogP contribution in [0.2, 0.25) is 0 Å². The van der Waals surface area contributed by atoms with E-state index in [9.17, 15) is 13.2 Å². The second-order valence-electron chi connectivity index (χ2n) is 4.22. The summed E-state index contributed by atoms with van der Waals surface area (Å²) in [5.74, 6) is 0. The highest BCUT2D eigenvalue weighted by Gasteiger charge is 2.33. The number of nitrogens with zero attached hydrogens (tertiary/aromatic N) is 1. The van der Waals surface area contributed by atoms with E-state index in [-0.39, 0.29) is 5.69 Å². The van der Waals surface area contributed by atoms with E-state index < -0.39 is 11.7 Å². The molecule has 0 N–H and O–H groups in total. The van der Waals surface area contributed by atoms with Crippen LogP contribution in [0.3, 0.4) is 0 Å². The van der Waals surface area contributed by atoms with Crippen molar-refractivity contribution in [3.8, 4) is 0 Å². The molecule has 0 unspecified atom stereocenters. The van der Waals surface area contributed by atoms with Gasteiger partial charge in [0.1, 0.15) is 0 Å². The molecule has 2 aromatic carbocycles. The molecular weight excluding hydrogens is 331 g/mol. The average Bonchev–Trinajstić information content (AvgIpc) is 2.38. The van der Waals surface area contributed by atoms with Crippen LogP contribution in [0.15, 0.2) is 58.0 Å². The Morgan fingerprint density at radius 2 is 1.60 bits per heavy atom. The summed E-state index contributed by atoms with van der Waals surface area (Å²) < 4.78 is 39.5. The lowest BCUT2D eigenvalue weighted by Crippen LogP contribution is -2.05. The monoisotopic (exact) mass is 341 g/mol. The SMILES string of the molecule is C/C(=N\c1ccccc1C(F)(F)F)c1ccc(Br)cc1. The summed E-state index contributed by atoms with van der Waals surface area (Å²) in [6, 6.07) is 12.6. The van der Waals surface area contributed by atoms with Crippen molar-refractivity contribution in [2.45, 2.75) is 13.1 Å². The Bertz CT molecular complexity index is 630. The third-order valence-corrected chi connectivity index (χ3v) is 3.29. The van der Waals surface area contributed by atoms with Crippen molar-refractivity contribution in [1.29, 1.82) is 0 Å². The molecule has 0 saturated heterocycles. The van der Waals surface area contributed by atoms with Gasteiger partial charge >= 0.3 is 6.18 Å². The number of hydrogen-bond acceptors (Lipinski definition) is 1. The summed E-state index contributed by atoms with van der Waals surface area (Å²) in [4.78, 5) is 4.11. The summed E-state index contributed by atoms with van der Waals surface area (Å²) in [6.07, 6.45) is -4.40. The molecule has 0 aliphatic rings. The summed E-state index contributed by atoms with van der Waals surface area (Å²) in [5, 5.41) is 0. The van der Waals surface area contributed by atoms with Gasteiger partial charge in [-0.1, -0.05) is 40.2 Å². The Balaban J connectivity index is 2.43. The van der Waals surface area contributed by atoms with Crippen LogP contribution in [0.1, 0.15) is 18.1 Å². The van der Waals surface area contributed by atoms with E-state index in [1.165, 1.54) is 12.1 Å². The zero-order valence-electron chi connectivity index (χ0n) is 10.6. The molecule has 0 saturated carbocycles. The van der Waals surface area contributed by atoms with Gasteiger partial charge < -0.3 is 0 Å². The molecule has 0 spiro atoms. The smallest absolute Gasteiger partial charge is 0.253 e. The minimum Gasteiger partial charge on any atom is -0.253 e. The molecule has 5 heteroatoms. The van der Waals surface area contributed by atoms with Gasteiger partial charge in [-0.05, 0) is 36.8 Å². The van der Waals surface area contributed by atoms with Crippen LogP contribution in [0.5, 0.6) is 0 Å². The summed E-state index contributed by atoms with van der Waals surface area (Å²) in [7, 11) is 0. The molecule has 104 valence electrons. The molecule has 1 nitrogen and oxygen atoms in total. The first kappa shape index (κ1) is 14.8. The number of halogens is 4. The first-order valence-corrected chi connectivity index (χ1v) is 6.64. The highest BCUT2D eigenvalue weighted by Crippen LogP contribution is 2.36. The van der Waals surface area contributed by atoms with Crippen LogP contribution in [0, 0.1) is 0 Å². The molecule has 0 amide bonds. The second kappa shape index (κ2) is 5.79. The fourth-order valence-corrected chi connectivity index (χ4v) is 2.01. The molecule has 2 rings (SSSR count). The van der Waals surface area contributed by atoms with Crippen molar-refractivity contribution >= 4 is 27.3 Å².